The highest BCUT2D eigenvalue weighted by Crippen LogP contribution is 2.47. The molecule has 0 unspecified atom stereocenters. The molecule has 0 bridgehead atoms. The van der Waals surface area contributed by atoms with Crippen LogP contribution in [0, 0.1) is 11.3 Å². The Balaban J connectivity index is 1.55. The van der Waals surface area contributed by atoms with Gasteiger partial charge in [0, 0.05) is 16.7 Å². The number of nitrogens with one attached hydrogen (secondary N) is 1. The molecule has 0 aromatic heterocycles. The Morgan fingerprint density at radius 3 is 2.26 bits per heavy atom. The number of halogens is 3. The summed E-state index contributed by atoms with van der Waals surface area (Å²) in [4.78, 5) is 13.0. The SMILES string of the molecule is N#CC1(c2ccc(NC(=O)CN(Cc3ccc(Cl)c(Cl)c3)S(=O)(=O)c3ccc(Br)cc3)cc2)CC1. The van der Waals surface area contributed by atoms with E-state index in [4.69, 9.17) is 23.2 Å². The minimum atomic E-state index is -4.01. The third kappa shape index (κ3) is 5.88. The third-order valence-corrected chi connectivity index (χ3v) is 8.87. The van der Waals surface area contributed by atoms with Crippen molar-refractivity contribution in [3.63, 3.8) is 0 Å². The summed E-state index contributed by atoms with van der Waals surface area (Å²) in [6.07, 6.45) is 1.65. The molecule has 10 heteroatoms. The smallest absolute Gasteiger partial charge is 0.243 e. The minimum absolute atomic E-state index is 0.0594. The van der Waals surface area contributed by atoms with Crippen LogP contribution in [-0.4, -0.2) is 25.2 Å². The van der Waals surface area contributed by atoms with Crippen LogP contribution in [0.1, 0.15) is 24.0 Å². The van der Waals surface area contributed by atoms with E-state index in [-0.39, 0.29) is 11.4 Å². The van der Waals surface area contributed by atoms with Gasteiger partial charge < -0.3 is 5.32 Å². The van der Waals surface area contributed by atoms with Crippen LogP contribution in [0.25, 0.3) is 0 Å². The molecule has 35 heavy (non-hydrogen) atoms. The number of carbonyl (C=O) groups is 1. The molecule has 1 saturated carbocycles. The zero-order chi connectivity index (χ0) is 25.2. The van der Waals surface area contributed by atoms with E-state index in [0.29, 0.717) is 21.3 Å². The van der Waals surface area contributed by atoms with Gasteiger partial charge in [-0.2, -0.15) is 9.57 Å². The van der Waals surface area contributed by atoms with Crippen LogP contribution >= 0.6 is 39.1 Å². The van der Waals surface area contributed by atoms with Crippen molar-refractivity contribution in [2.75, 3.05) is 11.9 Å². The van der Waals surface area contributed by atoms with E-state index in [1.165, 1.54) is 12.1 Å². The molecule has 3 aromatic carbocycles. The first-order valence-electron chi connectivity index (χ1n) is 10.6. The molecule has 0 aliphatic heterocycles. The molecule has 6 nitrogen and oxygen atoms in total. The van der Waals surface area contributed by atoms with Crippen molar-refractivity contribution in [1.82, 2.24) is 4.31 Å². The molecule has 1 aliphatic rings. The van der Waals surface area contributed by atoms with Crippen LogP contribution in [0.15, 0.2) is 76.1 Å². The standard InChI is InChI=1S/C25H20BrCl2N3O3S/c26-19-4-8-21(9-5-19)35(33,34)31(14-17-1-10-22(27)23(28)13-17)15-24(32)30-20-6-2-18(3-7-20)25(16-29)11-12-25/h1-10,13H,11-12,14-15H2,(H,30,32). The maximum Gasteiger partial charge on any atom is 0.243 e. The fourth-order valence-electron chi connectivity index (χ4n) is 3.65. The molecule has 4 rings (SSSR count). The number of nitrogens with zero attached hydrogens (tertiary/aromatic N) is 2. The lowest BCUT2D eigenvalue weighted by Crippen LogP contribution is -2.37. The minimum Gasteiger partial charge on any atom is -0.325 e. The Morgan fingerprint density at radius 1 is 1.03 bits per heavy atom. The van der Waals surface area contributed by atoms with Crippen LogP contribution < -0.4 is 5.32 Å². The summed E-state index contributed by atoms with van der Waals surface area (Å²) < 4.78 is 28.7. The van der Waals surface area contributed by atoms with Crippen molar-refractivity contribution >= 4 is 60.7 Å². The zero-order valence-electron chi connectivity index (χ0n) is 18.3. The average molecular weight is 593 g/mol. The third-order valence-electron chi connectivity index (χ3n) is 5.80. The molecule has 0 radical (unpaired) electrons. The summed E-state index contributed by atoms with van der Waals surface area (Å²) >= 11 is 15.4. The van der Waals surface area contributed by atoms with Gasteiger partial charge in [0.25, 0.3) is 0 Å². The van der Waals surface area contributed by atoms with Gasteiger partial charge in [-0.25, -0.2) is 8.42 Å². The van der Waals surface area contributed by atoms with E-state index in [9.17, 15) is 18.5 Å². The Kier molecular flexibility index (Phi) is 7.55. The predicted molar refractivity (Wildman–Crippen MR) is 140 cm³/mol. The van der Waals surface area contributed by atoms with Gasteiger partial charge in [0.1, 0.15) is 0 Å². The molecule has 180 valence electrons. The van der Waals surface area contributed by atoms with Crippen LogP contribution in [0.2, 0.25) is 10.0 Å². The number of nitriles is 1. The van der Waals surface area contributed by atoms with Crippen molar-refractivity contribution in [1.29, 1.82) is 5.26 Å². The normalized spacial score (nSPS) is 14.4. The second-order valence-electron chi connectivity index (χ2n) is 8.29. The van der Waals surface area contributed by atoms with Gasteiger partial charge >= 0.3 is 0 Å². The Bertz CT molecular complexity index is 1400. The van der Waals surface area contributed by atoms with Crippen LogP contribution in [-0.2, 0) is 26.8 Å². The first-order valence-corrected chi connectivity index (χ1v) is 13.6. The number of rotatable bonds is 8. The summed E-state index contributed by atoms with van der Waals surface area (Å²) in [7, 11) is -4.01. The predicted octanol–water partition coefficient (Wildman–Crippen LogP) is 6.14. The van der Waals surface area contributed by atoms with E-state index in [0.717, 1.165) is 27.2 Å². The van der Waals surface area contributed by atoms with Crippen LogP contribution in [0.4, 0.5) is 5.69 Å². The Hall–Kier alpha value is -2.41. The number of amides is 1. The highest BCUT2D eigenvalue weighted by molar-refractivity contribution is 9.10. The topological polar surface area (TPSA) is 90.3 Å². The summed E-state index contributed by atoms with van der Waals surface area (Å²) in [6.45, 7) is -0.491. The highest BCUT2D eigenvalue weighted by Gasteiger charge is 2.44. The van der Waals surface area contributed by atoms with Crippen LogP contribution in [0.3, 0.4) is 0 Å². The van der Waals surface area contributed by atoms with Crippen molar-refractivity contribution < 1.29 is 13.2 Å². The van der Waals surface area contributed by atoms with Gasteiger partial charge in [0.2, 0.25) is 15.9 Å². The second kappa shape index (κ2) is 10.3. The fourth-order valence-corrected chi connectivity index (χ4v) is 5.62. The molecule has 1 aliphatic carbocycles. The number of anilines is 1. The molecular weight excluding hydrogens is 573 g/mol. The van der Waals surface area contributed by atoms with Gasteiger partial charge in [-0.1, -0.05) is 57.3 Å². The summed E-state index contributed by atoms with van der Waals surface area (Å²) in [6, 6.07) is 20.4. The molecule has 0 spiro atoms. The quantitative estimate of drug-likeness (QED) is 0.340. The van der Waals surface area contributed by atoms with E-state index in [1.54, 1.807) is 42.5 Å². The van der Waals surface area contributed by atoms with Gasteiger partial charge in [-0.05, 0) is 72.5 Å². The maximum atomic E-state index is 13.4. The van der Waals surface area contributed by atoms with E-state index >= 15 is 0 Å². The van der Waals surface area contributed by atoms with Crippen molar-refractivity contribution in [3.05, 3.63) is 92.4 Å². The molecule has 3 aromatic rings. The molecule has 0 heterocycles. The van der Waals surface area contributed by atoms with Gasteiger partial charge in [0.05, 0.1) is 33.0 Å². The van der Waals surface area contributed by atoms with Gasteiger partial charge in [-0.3, -0.25) is 4.79 Å². The largest absolute Gasteiger partial charge is 0.325 e. The number of benzene rings is 3. The van der Waals surface area contributed by atoms with Crippen molar-refractivity contribution in [2.45, 2.75) is 29.7 Å². The molecule has 1 amide bonds. The second-order valence-corrected chi connectivity index (χ2v) is 12.0. The Morgan fingerprint density at radius 2 is 1.69 bits per heavy atom. The van der Waals surface area contributed by atoms with E-state index in [1.807, 2.05) is 12.1 Å². The van der Waals surface area contributed by atoms with Gasteiger partial charge in [-0.15, -0.1) is 0 Å². The fraction of sp³-hybridized carbons (Fsp3) is 0.200. The lowest BCUT2D eigenvalue weighted by molar-refractivity contribution is -0.116. The van der Waals surface area contributed by atoms with Crippen LogP contribution in [0.5, 0.6) is 0 Å². The molecule has 0 saturated heterocycles. The summed E-state index contributed by atoms with van der Waals surface area (Å²) in [5.41, 5.74) is 1.60. The first-order chi connectivity index (χ1) is 16.6. The molecule has 0 atom stereocenters. The Labute approximate surface area is 222 Å². The maximum absolute atomic E-state index is 13.4. The lowest BCUT2D eigenvalue weighted by Gasteiger charge is -2.22. The summed E-state index contributed by atoms with van der Waals surface area (Å²) in [5, 5.41) is 12.8. The number of sulfonamides is 1. The van der Waals surface area contributed by atoms with Gasteiger partial charge in [0.15, 0.2) is 0 Å². The van der Waals surface area contributed by atoms with E-state index < -0.39 is 27.9 Å². The zero-order valence-corrected chi connectivity index (χ0v) is 22.3. The lowest BCUT2D eigenvalue weighted by atomic mass is 9.98. The number of hydrogen-bond acceptors (Lipinski definition) is 4. The molecule has 1 N–H and O–H groups in total. The number of carbonyl (C=O) groups excluding carboxylic acids is 1. The van der Waals surface area contributed by atoms with Crippen molar-refractivity contribution in [2.24, 2.45) is 0 Å². The first kappa shape index (κ1) is 25.7. The molecular formula is C25H20BrCl2N3O3S. The average Bonchev–Trinajstić information content (AvgIpc) is 3.63. The van der Waals surface area contributed by atoms with Crippen molar-refractivity contribution in [3.8, 4) is 6.07 Å². The highest BCUT2D eigenvalue weighted by atomic mass is 79.9. The van der Waals surface area contributed by atoms with E-state index in [2.05, 4.69) is 27.3 Å². The number of hydrogen-bond donors (Lipinski definition) is 1. The monoisotopic (exact) mass is 591 g/mol. The molecule has 1 fully saturated rings. The summed E-state index contributed by atoms with van der Waals surface area (Å²) in [5.74, 6) is -0.500.